The molecule has 0 bridgehead atoms. The van der Waals surface area contributed by atoms with Crippen LogP contribution < -0.4 is 5.32 Å². The first-order valence-corrected chi connectivity index (χ1v) is 6.85. The fourth-order valence-corrected chi connectivity index (χ4v) is 2.07. The first kappa shape index (κ1) is 15.9. The van der Waals surface area contributed by atoms with Crippen LogP contribution in [0.15, 0.2) is 51.4 Å². The SMILES string of the molecule is Cc1cc(NC(=O)c2ccc(-c3cccc(C(F)(F)F)c3)o2)no1. The van der Waals surface area contributed by atoms with E-state index in [0.717, 1.165) is 12.1 Å². The predicted molar refractivity (Wildman–Crippen MR) is 78.3 cm³/mol. The molecule has 0 aliphatic carbocycles. The van der Waals surface area contributed by atoms with Crippen LogP contribution in [0.25, 0.3) is 11.3 Å². The Morgan fingerprint density at radius 3 is 2.62 bits per heavy atom. The minimum absolute atomic E-state index is 0.0527. The van der Waals surface area contributed by atoms with Crippen molar-refractivity contribution in [2.75, 3.05) is 5.32 Å². The third kappa shape index (κ3) is 3.32. The number of carbonyl (C=O) groups is 1. The standard InChI is InChI=1S/C16H11F3N2O3/c1-9-7-14(21-24-9)20-15(22)13-6-5-12(23-13)10-3-2-4-11(8-10)16(17,18)19/h2-8H,1H3,(H,20,21,22). The molecule has 0 fully saturated rings. The molecular formula is C16H11F3N2O3. The van der Waals surface area contributed by atoms with Crippen molar-refractivity contribution < 1.29 is 26.9 Å². The Balaban J connectivity index is 1.81. The van der Waals surface area contributed by atoms with Gasteiger partial charge in [-0.2, -0.15) is 13.2 Å². The van der Waals surface area contributed by atoms with Gasteiger partial charge in [0.05, 0.1) is 5.56 Å². The zero-order valence-electron chi connectivity index (χ0n) is 12.3. The maximum Gasteiger partial charge on any atom is 0.416 e. The van der Waals surface area contributed by atoms with Gasteiger partial charge >= 0.3 is 6.18 Å². The van der Waals surface area contributed by atoms with Crippen LogP contribution in [0, 0.1) is 6.92 Å². The Morgan fingerprint density at radius 1 is 1.17 bits per heavy atom. The number of carbonyl (C=O) groups excluding carboxylic acids is 1. The first-order valence-electron chi connectivity index (χ1n) is 6.85. The second-order valence-electron chi connectivity index (χ2n) is 5.02. The number of hydrogen-bond donors (Lipinski definition) is 1. The number of furan rings is 1. The maximum atomic E-state index is 12.8. The third-order valence-electron chi connectivity index (χ3n) is 3.17. The summed E-state index contributed by atoms with van der Waals surface area (Å²) in [5.74, 6) is 0.260. The molecule has 1 amide bonds. The number of anilines is 1. The molecule has 124 valence electrons. The van der Waals surface area contributed by atoms with Gasteiger partial charge in [0.15, 0.2) is 11.6 Å². The van der Waals surface area contributed by atoms with Gasteiger partial charge in [0, 0.05) is 11.6 Å². The van der Waals surface area contributed by atoms with Gasteiger partial charge in [0.2, 0.25) is 0 Å². The zero-order valence-corrected chi connectivity index (χ0v) is 12.3. The minimum Gasteiger partial charge on any atom is -0.451 e. The number of alkyl halides is 3. The molecule has 5 nitrogen and oxygen atoms in total. The van der Waals surface area contributed by atoms with E-state index in [1.807, 2.05) is 0 Å². The normalized spacial score (nSPS) is 11.5. The third-order valence-corrected chi connectivity index (χ3v) is 3.17. The highest BCUT2D eigenvalue weighted by Crippen LogP contribution is 2.32. The fraction of sp³-hybridized carbons (Fsp3) is 0.125. The van der Waals surface area contributed by atoms with Crippen LogP contribution in [0.5, 0.6) is 0 Å². The van der Waals surface area contributed by atoms with E-state index in [2.05, 4.69) is 10.5 Å². The van der Waals surface area contributed by atoms with Gasteiger partial charge in [-0.05, 0) is 31.2 Å². The summed E-state index contributed by atoms with van der Waals surface area (Å²) in [6.07, 6.45) is -4.45. The van der Waals surface area contributed by atoms with Gasteiger partial charge in [0.1, 0.15) is 11.5 Å². The summed E-state index contributed by atoms with van der Waals surface area (Å²) in [7, 11) is 0. The highest BCUT2D eigenvalue weighted by Gasteiger charge is 2.30. The van der Waals surface area contributed by atoms with Crippen molar-refractivity contribution in [2.45, 2.75) is 13.1 Å². The van der Waals surface area contributed by atoms with Crippen molar-refractivity contribution in [3.8, 4) is 11.3 Å². The molecular weight excluding hydrogens is 325 g/mol. The van der Waals surface area contributed by atoms with Crippen LogP contribution >= 0.6 is 0 Å². The van der Waals surface area contributed by atoms with E-state index in [0.29, 0.717) is 5.76 Å². The van der Waals surface area contributed by atoms with Crippen molar-refractivity contribution >= 4 is 11.7 Å². The highest BCUT2D eigenvalue weighted by molar-refractivity contribution is 6.02. The van der Waals surface area contributed by atoms with E-state index >= 15 is 0 Å². The molecule has 0 saturated heterocycles. The lowest BCUT2D eigenvalue weighted by Crippen LogP contribution is -2.10. The summed E-state index contributed by atoms with van der Waals surface area (Å²) in [4.78, 5) is 12.0. The smallest absolute Gasteiger partial charge is 0.416 e. The molecule has 0 saturated carbocycles. The molecule has 24 heavy (non-hydrogen) atoms. The van der Waals surface area contributed by atoms with Crippen molar-refractivity contribution in [2.24, 2.45) is 0 Å². The predicted octanol–water partition coefficient (Wildman–Crippen LogP) is 4.51. The number of benzene rings is 1. The molecule has 0 atom stereocenters. The molecule has 0 radical (unpaired) electrons. The second-order valence-corrected chi connectivity index (χ2v) is 5.02. The largest absolute Gasteiger partial charge is 0.451 e. The molecule has 8 heteroatoms. The van der Waals surface area contributed by atoms with Crippen LogP contribution in [0.2, 0.25) is 0 Å². The molecule has 0 spiro atoms. The lowest BCUT2D eigenvalue weighted by atomic mass is 10.1. The van der Waals surface area contributed by atoms with Crippen LogP contribution in [0.3, 0.4) is 0 Å². The van der Waals surface area contributed by atoms with Crippen molar-refractivity contribution in [1.29, 1.82) is 0 Å². The Hall–Kier alpha value is -3.03. The Bertz CT molecular complexity index is 881. The molecule has 3 rings (SSSR count). The molecule has 1 N–H and O–H groups in total. The number of halogens is 3. The summed E-state index contributed by atoms with van der Waals surface area (Å²) in [6.45, 7) is 1.67. The van der Waals surface area contributed by atoms with E-state index in [-0.39, 0.29) is 22.9 Å². The Morgan fingerprint density at radius 2 is 1.96 bits per heavy atom. The summed E-state index contributed by atoms with van der Waals surface area (Å²) >= 11 is 0. The van der Waals surface area contributed by atoms with Gasteiger partial charge in [-0.25, -0.2) is 0 Å². The van der Waals surface area contributed by atoms with E-state index in [1.165, 1.54) is 30.3 Å². The summed E-state index contributed by atoms with van der Waals surface area (Å²) in [6, 6.07) is 8.99. The van der Waals surface area contributed by atoms with Crippen LogP contribution in [0.1, 0.15) is 21.9 Å². The van der Waals surface area contributed by atoms with E-state index in [9.17, 15) is 18.0 Å². The molecule has 0 aliphatic heterocycles. The van der Waals surface area contributed by atoms with Crippen molar-refractivity contribution in [3.63, 3.8) is 0 Å². The second kappa shape index (κ2) is 5.88. The van der Waals surface area contributed by atoms with Gasteiger partial charge in [-0.1, -0.05) is 17.3 Å². The van der Waals surface area contributed by atoms with Crippen LogP contribution in [0.4, 0.5) is 19.0 Å². The quantitative estimate of drug-likeness (QED) is 0.764. The molecule has 0 unspecified atom stereocenters. The van der Waals surface area contributed by atoms with Gasteiger partial charge < -0.3 is 14.3 Å². The number of hydrogen-bond acceptors (Lipinski definition) is 4. The minimum atomic E-state index is -4.45. The molecule has 2 heterocycles. The Labute approximate surface area is 134 Å². The first-order chi connectivity index (χ1) is 11.3. The van der Waals surface area contributed by atoms with Gasteiger partial charge in [0.25, 0.3) is 5.91 Å². The Kier molecular flexibility index (Phi) is 3.88. The van der Waals surface area contributed by atoms with Crippen LogP contribution in [-0.2, 0) is 6.18 Å². The zero-order chi connectivity index (χ0) is 17.3. The maximum absolute atomic E-state index is 12.8. The summed E-state index contributed by atoms with van der Waals surface area (Å²) < 4.78 is 48.4. The average Bonchev–Trinajstić information content (AvgIpc) is 3.16. The molecule has 0 aliphatic rings. The van der Waals surface area contributed by atoms with Gasteiger partial charge in [-0.3, -0.25) is 4.79 Å². The average molecular weight is 336 g/mol. The monoisotopic (exact) mass is 336 g/mol. The number of amides is 1. The molecule has 1 aromatic carbocycles. The van der Waals surface area contributed by atoms with E-state index < -0.39 is 17.6 Å². The number of aromatic nitrogens is 1. The van der Waals surface area contributed by atoms with Crippen LogP contribution in [-0.4, -0.2) is 11.1 Å². The number of nitrogens with one attached hydrogen (secondary N) is 1. The number of aryl methyl sites for hydroxylation is 1. The number of rotatable bonds is 3. The lowest BCUT2D eigenvalue weighted by molar-refractivity contribution is -0.137. The molecule has 3 aromatic rings. The molecule has 2 aromatic heterocycles. The highest BCUT2D eigenvalue weighted by atomic mass is 19.4. The summed E-state index contributed by atoms with van der Waals surface area (Å²) in [5.41, 5.74) is -0.568. The van der Waals surface area contributed by atoms with E-state index in [1.54, 1.807) is 6.92 Å². The lowest BCUT2D eigenvalue weighted by Gasteiger charge is -2.07. The van der Waals surface area contributed by atoms with Crippen molar-refractivity contribution in [1.82, 2.24) is 5.16 Å². The van der Waals surface area contributed by atoms with Crippen molar-refractivity contribution in [3.05, 3.63) is 59.5 Å². The number of nitrogens with zero attached hydrogens (tertiary/aromatic N) is 1. The fourth-order valence-electron chi connectivity index (χ4n) is 2.07. The van der Waals surface area contributed by atoms with E-state index in [4.69, 9.17) is 8.94 Å². The topological polar surface area (TPSA) is 68.3 Å². The van der Waals surface area contributed by atoms with Gasteiger partial charge in [-0.15, -0.1) is 0 Å². The summed E-state index contributed by atoms with van der Waals surface area (Å²) in [5, 5.41) is 6.07.